The van der Waals surface area contributed by atoms with Crippen LogP contribution < -0.4 is 10.2 Å². The molecule has 150 valence electrons. The van der Waals surface area contributed by atoms with E-state index in [1.807, 2.05) is 6.92 Å². The maximum Gasteiger partial charge on any atom is 0.335 e. The van der Waals surface area contributed by atoms with E-state index in [1.165, 1.54) is 36.4 Å². The van der Waals surface area contributed by atoms with E-state index in [0.29, 0.717) is 12.2 Å². The van der Waals surface area contributed by atoms with Gasteiger partial charge in [-0.15, -0.1) is 0 Å². The molecule has 0 bridgehead atoms. The molecule has 2 aromatic carbocycles. The summed E-state index contributed by atoms with van der Waals surface area (Å²) in [5.74, 6) is -1.65. The molecule has 0 radical (unpaired) electrons. The summed E-state index contributed by atoms with van der Waals surface area (Å²) < 4.78 is 32.3. The lowest BCUT2D eigenvalue weighted by Gasteiger charge is -2.18. The molecule has 0 saturated carbocycles. The number of benzene rings is 2. The lowest BCUT2D eigenvalue weighted by molar-refractivity contribution is 0.0696. The summed E-state index contributed by atoms with van der Waals surface area (Å²) in [7, 11) is 0. The second kappa shape index (κ2) is 9.11. The molecular formula is C21H18F2N2O4. The molecule has 0 aliphatic carbocycles. The summed E-state index contributed by atoms with van der Waals surface area (Å²) in [6, 6.07) is 12.7. The van der Waals surface area contributed by atoms with Gasteiger partial charge in [0.2, 0.25) is 5.88 Å². The quantitative estimate of drug-likeness (QED) is 0.497. The van der Waals surface area contributed by atoms with E-state index in [1.54, 1.807) is 12.1 Å². The molecule has 0 saturated heterocycles. The van der Waals surface area contributed by atoms with Crippen molar-refractivity contribution in [2.24, 2.45) is 0 Å². The molecular weight excluding hydrogens is 382 g/mol. The van der Waals surface area contributed by atoms with Gasteiger partial charge in [-0.25, -0.2) is 18.6 Å². The van der Waals surface area contributed by atoms with Crippen LogP contribution in [0.1, 0.15) is 35.4 Å². The Balaban J connectivity index is 1.75. The van der Waals surface area contributed by atoms with E-state index in [9.17, 15) is 13.6 Å². The van der Waals surface area contributed by atoms with Crippen LogP contribution in [0.4, 0.5) is 14.5 Å². The van der Waals surface area contributed by atoms with Gasteiger partial charge in [0.1, 0.15) is 29.2 Å². The normalized spacial score (nSPS) is 11.7. The highest BCUT2D eigenvalue weighted by Gasteiger charge is 2.15. The van der Waals surface area contributed by atoms with Crippen molar-refractivity contribution in [2.45, 2.75) is 19.4 Å². The van der Waals surface area contributed by atoms with Gasteiger partial charge < -0.3 is 9.84 Å². The minimum absolute atomic E-state index is 0.0501. The van der Waals surface area contributed by atoms with Crippen LogP contribution in [0.25, 0.3) is 0 Å². The van der Waals surface area contributed by atoms with Gasteiger partial charge in [0, 0.05) is 6.07 Å². The molecule has 29 heavy (non-hydrogen) atoms. The number of anilines is 1. The Morgan fingerprint density at radius 1 is 1.10 bits per heavy atom. The van der Waals surface area contributed by atoms with Crippen molar-refractivity contribution >= 4 is 11.7 Å². The molecule has 0 aliphatic heterocycles. The molecule has 3 aromatic rings. The number of nitrogens with zero attached hydrogens (tertiary/aromatic N) is 1. The number of aromatic nitrogens is 1. The standard InChI is InChI=1S/C21H18F2N2O4/c1-2-19(13-3-5-14(6-4-13)21(26)27)29-25-18-11-16(23)12-24-20(18)28-17-9-7-15(22)8-10-17/h3-12,19,25H,2H2,1H3,(H,26,27). The van der Waals surface area contributed by atoms with E-state index in [4.69, 9.17) is 14.7 Å². The van der Waals surface area contributed by atoms with Crippen LogP contribution in [-0.2, 0) is 4.84 Å². The molecule has 0 spiro atoms. The molecule has 3 rings (SSSR count). The highest BCUT2D eigenvalue weighted by molar-refractivity contribution is 5.87. The van der Waals surface area contributed by atoms with Crippen molar-refractivity contribution in [1.82, 2.24) is 4.98 Å². The SMILES string of the molecule is CCC(ONc1cc(F)cnc1Oc1ccc(F)cc1)c1ccc(C(=O)O)cc1. The fourth-order valence-electron chi connectivity index (χ4n) is 2.56. The predicted molar refractivity (Wildman–Crippen MR) is 102 cm³/mol. The van der Waals surface area contributed by atoms with Crippen LogP contribution in [0.2, 0.25) is 0 Å². The van der Waals surface area contributed by atoms with E-state index in [0.717, 1.165) is 17.8 Å². The summed E-state index contributed by atoms with van der Waals surface area (Å²) in [4.78, 5) is 20.6. The van der Waals surface area contributed by atoms with Gasteiger partial charge in [0.15, 0.2) is 0 Å². The first-order valence-corrected chi connectivity index (χ1v) is 8.80. The Bertz CT molecular complexity index is 979. The molecule has 0 aliphatic rings. The maximum absolute atomic E-state index is 13.7. The zero-order valence-electron chi connectivity index (χ0n) is 15.4. The van der Waals surface area contributed by atoms with Gasteiger partial charge >= 0.3 is 5.97 Å². The number of hydrogen-bond donors (Lipinski definition) is 2. The first-order chi connectivity index (χ1) is 14.0. The lowest BCUT2D eigenvalue weighted by Crippen LogP contribution is -2.10. The summed E-state index contributed by atoms with van der Waals surface area (Å²) in [6.45, 7) is 1.89. The van der Waals surface area contributed by atoms with Crippen LogP contribution in [0.5, 0.6) is 11.6 Å². The molecule has 1 aromatic heterocycles. The number of nitrogens with one attached hydrogen (secondary N) is 1. The monoisotopic (exact) mass is 400 g/mol. The third-order valence-corrected chi connectivity index (χ3v) is 4.06. The number of halogens is 2. The van der Waals surface area contributed by atoms with Gasteiger partial charge in [-0.2, -0.15) is 0 Å². The van der Waals surface area contributed by atoms with Crippen molar-refractivity contribution in [1.29, 1.82) is 0 Å². The van der Waals surface area contributed by atoms with Crippen LogP contribution in [0.15, 0.2) is 60.8 Å². The van der Waals surface area contributed by atoms with Gasteiger partial charge in [-0.05, 0) is 48.4 Å². The highest BCUT2D eigenvalue weighted by Crippen LogP contribution is 2.30. The summed E-state index contributed by atoms with van der Waals surface area (Å²) >= 11 is 0. The van der Waals surface area contributed by atoms with Crippen molar-refractivity contribution in [3.63, 3.8) is 0 Å². The Labute approximate surface area is 165 Å². The first kappa shape index (κ1) is 20.2. The Kier molecular flexibility index (Phi) is 6.36. The number of rotatable bonds is 8. The minimum atomic E-state index is -1.02. The summed E-state index contributed by atoms with van der Waals surface area (Å²) in [5, 5.41) is 9.00. The lowest BCUT2D eigenvalue weighted by atomic mass is 10.1. The van der Waals surface area contributed by atoms with E-state index in [-0.39, 0.29) is 17.1 Å². The second-order valence-electron chi connectivity index (χ2n) is 6.11. The molecule has 2 N–H and O–H groups in total. The number of pyridine rings is 1. The van der Waals surface area contributed by atoms with Crippen molar-refractivity contribution in [3.05, 3.63) is 83.6 Å². The maximum atomic E-state index is 13.7. The van der Waals surface area contributed by atoms with E-state index < -0.39 is 23.7 Å². The average molecular weight is 400 g/mol. The van der Waals surface area contributed by atoms with E-state index >= 15 is 0 Å². The molecule has 8 heteroatoms. The van der Waals surface area contributed by atoms with Gasteiger partial charge in [0.25, 0.3) is 0 Å². The average Bonchev–Trinajstić information content (AvgIpc) is 2.72. The minimum Gasteiger partial charge on any atom is -0.478 e. The summed E-state index contributed by atoms with van der Waals surface area (Å²) in [6.07, 6.45) is 1.13. The van der Waals surface area contributed by atoms with E-state index in [2.05, 4.69) is 10.5 Å². The molecule has 0 amide bonds. The highest BCUT2D eigenvalue weighted by atomic mass is 19.1. The Hall–Kier alpha value is -3.52. The zero-order valence-corrected chi connectivity index (χ0v) is 15.4. The third kappa shape index (κ3) is 5.26. The Morgan fingerprint density at radius 3 is 2.41 bits per heavy atom. The molecule has 1 atom stereocenters. The van der Waals surface area contributed by atoms with Crippen molar-refractivity contribution < 1.29 is 28.3 Å². The van der Waals surface area contributed by atoms with Crippen LogP contribution in [0, 0.1) is 11.6 Å². The second-order valence-corrected chi connectivity index (χ2v) is 6.11. The topological polar surface area (TPSA) is 80.7 Å². The smallest absolute Gasteiger partial charge is 0.335 e. The van der Waals surface area contributed by atoms with Gasteiger partial charge in [-0.3, -0.25) is 10.3 Å². The van der Waals surface area contributed by atoms with Gasteiger partial charge in [0.05, 0.1) is 11.8 Å². The van der Waals surface area contributed by atoms with Crippen molar-refractivity contribution in [2.75, 3.05) is 5.48 Å². The molecule has 0 fully saturated rings. The number of carboxylic acid groups (broad SMARTS) is 1. The predicted octanol–water partition coefficient (Wildman–Crippen LogP) is 5.35. The van der Waals surface area contributed by atoms with Gasteiger partial charge in [-0.1, -0.05) is 19.1 Å². The fourth-order valence-corrected chi connectivity index (χ4v) is 2.56. The zero-order chi connectivity index (χ0) is 20.8. The molecule has 6 nitrogen and oxygen atoms in total. The number of aromatic carboxylic acids is 1. The fraction of sp³-hybridized carbons (Fsp3) is 0.143. The van der Waals surface area contributed by atoms with Crippen LogP contribution >= 0.6 is 0 Å². The number of carboxylic acids is 1. The van der Waals surface area contributed by atoms with Crippen LogP contribution in [-0.4, -0.2) is 16.1 Å². The third-order valence-electron chi connectivity index (χ3n) is 4.06. The first-order valence-electron chi connectivity index (χ1n) is 8.80. The molecule has 1 heterocycles. The number of ether oxygens (including phenoxy) is 1. The van der Waals surface area contributed by atoms with Crippen LogP contribution in [0.3, 0.4) is 0 Å². The summed E-state index contributed by atoms with van der Waals surface area (Å²) in [5.41, 5.74) is 3.72. The number of hydrogen-bond acceptors (Lipinski definition) is 5. The van der Waals surface area contributed by atoms with Crippen molar-refractivity contribution in [3.8, 4) is 11.6 Å². The Morgan fingerprint density at radius 2 is 1.79 bits per heavy atom. The largest absolute Gasteiger partial charge is 0.478 e. The number of carbonyl (C=O) groups is 1. The molecule has 1 unspecified atom stereocenters.